The minimum absolute atomic E-state index is 0.00391. The number of nitrogens with zero attached hydrogens (tertiary/aromatic N) is 2. The predicted octanol–water partition coefficient (Wildman–Crippen LogP) is 4.56. The molecule has 5 N–H and O–H groups in total. The van der Waals surface area contributed by atoms with Gasteiger partial charge in [-0.05, 0) is 36.2 Å². The van der Waals surface area contributed by atoms with Gasteiger partial charge >= 0.3 is 6.09 Å². The van der Waals surface area contributed by atoms with Gasteiger partial charge in [0.1, 0.15) is 40.6 Å². The summed E-state index contributed by atoms with van der Waals surface area (Å²) >= 11 is 6.41. The van der Waals surface area contributed by atoms with Crippen molar-refractivity contribution in [1.29, 1.82) is 0 Å². The molecule has 7 rings (SSSR count). The highest BCUT2D eigenvalue weighted by Crippen LogP contribution is 2.45. The summed E-state index contributed by atoms with van der Waals surface area (Å²) in [5.41, 5.74) is 0.583. The van der Waals surface area contributed by atoms with E-state index in [1.165, 1.54) is 37.5 Å². The number of rotatable bonds is 16. The van der Waals surface area contributed by atoms with Crippen molar-refractivity contribution in [3.8, 4) is 22.8 Å². The first-order valence-electron chi connectivity index (χ1n) is 19.8. The lowest BCUT2D eigenvalue weighted by Crippen LogP contribution is -2.59. The number of benzene rings is 4. The molecule has 18 heteroatoms. The molecule has 2 aliphatic rings. The van der Waals surface area contributed by atoms with Crippen LogP contribution in [0.3, 0.4) is 0 Å². The quantitative estimate of drug-likeness (QED) is 0.0683. The van der Waals surface area contributed by atoms with Gasteiger partial charge < -0.3 is 35.4 Å². The number of alkyl halides is 1. The number of amides is 5. The smallest absolute Gasteiger partial charge is 0.405 e. The third-order valence-corrected chi connectivity index (χ3v) is 12.7. The molecule has 6 atom stereocenters. The first-order valence-corrected chi connectivity index (χ1v) is 21.7. The second kappa shape index (κ2) is 18.6. The van der Waals surface area contributed by atoms with Crippen molar-refractivity contribution in [2.75, 3.05) is 20.2 Å². The summed E-state index contributed by atoms with van der Waals surface area (Å²) in [6.07, 6.45) is -1.22. The second-order valence-electron chi connectivity index (χ2n) is 15.0. The van der Waals surface area contributed by atoms with Crippen LogP contribution < -0.4 is 30.1 Å². The number of hydrogen-bond acceptors (Lipinski definition) is 10. The van der Waals surface area contributed by atoms with E-state index in [1.807, 2.05) is 30.3 Å². The zero-order chi connectivity index (χ0) is 44.9. The van der Waals surface area contributed by atoms with Crippen LogP contribution in [0.4, 0.5) is 4.79 Å². The molecule has 1 aliphatic heterocycles. The monoisotopic (exact) mass is 894 g/mol. The van der Waals surface area contributed by atoms with Crippen molar-refractivity contribution in [3.05, 3.63) is 133 Å². The average Bonchev–Trinajstić information content (AvgIpc) is 3.86. The van der Waals surface area contributed by atoms with Gasteiger partial charge in [0.25, 0.3) is 15.9 Å². The Kier molecular flexibility index (Phi) is 13.0. The normalized spacial score (nSPS) is 20.1. The van der Waals surface area contributed by atoms with E-state index in [1.54, 1.807) is 60.7 Å². The summed E-state index contributed by atoms with van der Waals surface area (Å²) in [6, 6.07) is 28.9. The number of carbonyl (C=O) groups excluding carboxylic acids is 4. The van der Waals surface area contributed by atoms with Gasteiger partial charge in [-0.2, -0.15) is 0 Å². The molecule has 2 heterocycles. The maximum Gasteiger partial charge on any atom is 0.405 e. The molecule has 1 aromatic heterocycles. The van der Waals surface area contributed by atoms with Crippen LogP contribution >= 0.6 is 11.6 Å². The van der Waals surface area contributed by atoms with Gasteiger partial charge in [-0.25, -0.2) is 22.9 Å². The first-order chi connectivity index (χ1) is 30.2. The van der Waals surface area contributed by atoms with Crippen LogP contribution in [0.5, 0.6) is 11.5 Å². The zero-order valence-electron chi connectivity index (χ0n) is 33.8. The number of likely N-dealkylation sites (tertiary alicyclic amines) is 1. The molecule has 326 valence electrons. The van der Waals surface area contributed by atoms with E-state index in [9.17, 15) is 37.5 Å². The highest BCUT2D eigenvalue weighted by atomic mass is 35.5. The average molecular weight is 895 g/mol. The van der Waals surface area contributed by atoms with Crippen molar-refractivity contribution < 1.29 is 47.0 Å². The number of carbonyl (C=O) groups is 5. The predicted molar refractivity (Wildman–Crippen MR) is 232 cm³/mol. The fourth-order valence-corrected chi connectivity index (χ4v) is 8.82. The molecule has 0 bridgehead atoms. The Morgan fingerprint density at radius 3 is 2.27 bits per heavy atom. The Morgan fingerprint density at radius 2 is 1.63 bits per heavy atom. The van der Waals surface area contributed by atoms with Crippen molar-refractivity contribution in [2.45, 2.75) is 46.8 Å². The van der Waals surface area contributed by atoms with Gasteiger partial charge in [0.2, 0.25) is 17.7 Å². The Balaban J connectivity index is 1.20. The van der Waals surface area contributed by atoms with Crippen LogP contribution in [0.25, 0.3) is 22.2 Å². The van der Waals surface area contributed by atoms with Crippen molar-refractivity contribution in [3.63, 3.8) is 0 Å². The van der Waals surface area contributed by atoms with E-state index in [0.29, 0.717) is 33.7 Å². The van der Waals surface area contributed by atoms with Crippen LogP contribution in [-0.2, 0) is 29.2 Å². The number of nitrogens with one attached hydrogen (secondary N) is 4. The Morgan fingerprint density at radius 1 is 0.968 bits per heavy atom. The molecule has 0 radical (unpaired) electrons. The van der Waals surface area contributed by atoms with Crippen LogP contribution in [0.15, 0.2) is 133 Å². The molecule has 16 nitrogen and oxygen atoms in total. The Bertz CT molecular complexity index is 2660. The van der Waals surface area contributed by atoms with Crippen LogP contribution in [-0.4, -0.2) is 97.1 Å². The standard InChI is InChI=1S/C45H43ClN6O10S/c1-3-29-24-45(29,43(56)51-63(59,60)32-17-11-6-12-18-32)50-40(53)37-22-31(62-38-23-34(27-13-7-4-8-14-27)48-35-21-30(61-2)19-20-33(35)38)26-52(37)42(55)36(49-44(57)58)25-47-41(54)39(46)28-15-9-5-10-16-28/h3-21,23,29,31,36-37,39,49H,1,22,24-26H2,2H3,(H,47,54)(H,50,53)(H,51,56)(H,57,58)/t29-,31-,36?,37+,39+,45-/m1/s1. The van der Waals surface area contributed by atoms with Gasteiger partial charge in [-0.1, -0.05) is 84.9 Å². The van der Waals surface area contributed by atoms with Gasteiger partial charge in [0.05, 0.1) is 29.8 Å². The number of carboxylic acid groups (broad SMARTS) is 1. The molecule has 1 saturated heterocycles. The lowest BCUT2D eigenvalue weighted by Gasteiger charge is -2.29. The number of ether oxygens (including phenoxy) is 2. The number of methoxy groups -OCH3 is 1. The molecular weight excluding hydrogens is 852 g/mol. The fraction of sp³-hybridized carbons (Fsp3) is 0.244. The van der Waals surface area contributed by atoms with Gasteiger partial charge in [-0.15, -0.1) is 18.2 Å². The molecular formula is C45H43ClN6O10S. The number of pyridine rings is 1. The van der Waals surface area contributed by atoms with Gasteiger partial charge in [0, 0.05) is 42.0 Å². The van der Waals surface area contributed by atoms with E-state index < -0.39 is 81.3 Å². The Hall–Kier alpha value is -6.98. The molecule has 1 unspecified atom stereocenters. The summed E-state index contributed by atoms with van der Waals surface area (Å²) in [5.74, 6) is -3.23. The zero-order valence-corrected chi connectivity index (χ0v) is 35.3. The molecule has 4 aromatic carbocycles. The number of fused-ring (bicyclic) bond motifs is 1. The topological polar surface area (TPSA) is 222 Å². The van der Waals surface area contributed by atoms with Gasteiger partial charge in [0.15, 0.2) is 0 Å². The fourth-order valence-electron chi connectivity index (χ4n) is 7.54. The number of hydrogen-bond donors (Lipinski definition) is 5. The summed E-state index contributed by atoms with van der Waals surface area (Å²) in [6.45, 7) is 2.96. The SMILES string of the molecule is C=C[C@@H]1C[C@]1(NC(=O)[C@@H]1C[C@@H](Oc2cc(-c3ccccc3)nc3cc(OC)ccc23)CN1C(=O)C(CNC(=O)[C@@H](Cl)c1ccccc1)NC(=O)O)C(=O)NS(=O)(=O)c1ccccc1. The number of sulfonamides is 1. The van der Waals surface area contributed by atoms with E-state index in [-0.39, 0.29) is 24.3 Å². The minimum Gasteiger partial charge on any atom is -0.497 e. The molecule has 2 fully saturated rings. The van der Waals surface area contributed by atoms with Crippen LogP contribution in [0, 0.1) is 5.92 Å². The van der Waals surface area contributed by atoms with E-state index >= 15 is 0 Å². The molecule has 63 heavy (non-hydrogen) atoms. The summed E-state index contributed by atoms with van der Waals surface area (Å²) in [4.78, 5) is 73.9. The Labute approximate surface area is 367 Å². The van der Waals surface area contributed by atoms with Crippen molar-refractivity contribution in [1.82, 2.24) is 30.6 Å². The van der Waals surface area contributed by atoms with E-state index in [4.69, 9.17) is 26.1 Å². The first kappa shape index (κ1) is 44.1. The van der Waals surface area contributed by atoms with Gasteiger partial charge in [-0.3, -0.25) is 19.2 Å². The second-order valence-corrected chi connectivity index (χ2v) is 17.1. The maximum absolute atomic E-state index is 14.5. The number of halogens is 1. The molecule has 5 amide bonds. The minimum atomic E-state index is -4.35. The summed E-state index contributed by atoms with van der Waals surface area (Å²) in [5, 5.41) is 16.6. The number of aromatic nitrogens is 1. The molecule has 5 aromatic rings. The summed E-state index contributed by atoms with van der Waals surface area (Å²) < 4.78 is 40.6. The maximum atomic E-state index is 14.5. The van der Waals surface area contributed by atoms with E-state index in [2.05, 4.69) is 27.3 Å². The van der Waals surface area contributed by atoms with Crippen LogP contribution in [0.1, 0.15) is 23.8 Å². The van der Waals surface area contributed by atoms with Crippen molar-refractivity contribution >= 4 is 62.2 Å². The molecule has 1 saturated carbocycles. The van der Waals surface area contributed by atoms with Crippen molar-refractivity contribution in [2.24, 2.45) is 5.92 Å². The summed E-state index contributed by atoms with van der Waals surface area (Å²) in [7, 11) is -2.83. The molecule has 0 spiro atoms. The highest BCUT2D eigenvalue weighted by Gasteiger charge is 2.61. The largest absolute Gasteiger partial charge is 0.497 e. The van der Waals surface area contributed by atoms with E-state index in [0.717, 1.165) is 10.5 Å². The third-order valence-electron chi connectivity index (χ3n) is 10.9. The lowest BCUT2D eigenvalue weighted by molar-refractivity contribution is -0.141. The van der Waals surface area contributed by atoms with Crippen LogP contribution in [0.2, 0.25) is 0 Å². The molecule has 1 aliphatic carbocycles. The highest BCUT2D eigenvalue weighted by molar-refractivity contribution is 7.90. The third kappa shape index (κ3) is 9.74. The lowest BCUT2D eigenvalue weighted by atomic mass is 10.1.